The average molecular weight is 391 g/mol. The molecule has 1 fully saturated rings. The second kappa shape index (κ2) is 8.70. The zero-order valence-corrected chi connectivity index (χ0v) is 16.1. The van der Waals surface area contributed by atoms with Gasteiger partial charge in [-0.05, 0) is 37.6 Å². The van der Waals surface area contributed by atoms with Gasteiger partial charge in [0.25, 0.3) is 0 Å². The van der Waals surface area contributed by atoms with E-state index in [0.29, 0.717) is 29.9 Å². The molecule has 29 heavy (non-hydrogen) atoms. The Morgan fingerprint density at radius 3 is 3.00 bits per heavy atom. The van der Waals surface area contributed by atoms with Crippen molar-refractivity contribution in [1.82, 2.24) is 24.7 Å². The lowest BCUT2D eigenvalue weighted by molar-refractivity contribution is 0.461. The molecular weight excluding hydrogens is 366 g/mol. The number of hydrogen-bond donors (Lipinski definition) is 4. The minimum atomic E-state index is 0.309. The normalized spacial score (nSPS) is 15.9. The molecule has 0 saturated carbocycles. The zero-order chi connectivity index (χ0) is 20.1. The highest BCUT2D eigenvalue weighted by Crippen LogP contribution is 2.18. The van der Waals surface area contributed by atoms with Crippen LogP contribution in [0.4, 0.5) is 11.6 Å². The summed E-state index contributed by atoms with van der Waals surface area (Å²) < 4.78 is 1.97. The Kier molecular flexibility index (Phi) is 5.66. The second-order valence-corrected chi connectivity index (χ2v) is 6.95. The molecule has 0 atom stereocenters. The first kappa shape index (κ1) is 18.9. The number of nitrogens with zero attached hydrogens (tertiary/aromatic N) is 5. The van der Waals surface area contributed by atoms with E-state index in [0.717, 1.165) is 42.7 Å². The van der Waals surface area contributed by atoms with Gasteiger partial charge in [-0.2, -0.15) is 0 Å². The molecular formula is C20H25N9. The van der Waals surface area contributed by atoms with Gasteiger partial charge in [-0.25, -0.2) is 15.0 Å². The van der Waals surface area contributed by atoms with Gasteiger partial charge in [0.2, 0.25) is 0 Å². The summed E-state index contributed by atoms with van der Waals surface area (Å²) in [4.78, 5) is 17.8. The summed E-state index contributed by atoms with van der Waals surface area (Å²) >= 11 is 0. The third-order valence-electron chi connectivity index (χ3n) is 4.92. The first-order valence-corrected chi connectivity index (χ1v) is 9.67. The Labute approximate surface area is 169 Å². The van der Waals surface area contributed by atoms with Crippen LogP contribution in [0.1, 0.15) is 24.1 Å². The number of anilines is 2. The molecule has 1 aliphatic heterocycles. The van der Waals surface area contributed by atoms with Crippen molar-refractivity contribution >= 4 is 29.1 Å². The number of pyridine rings is 1. The highest BCUT2D eigenvalue weighted by atomic mass is 15.1. The Balaban J connectivity index is 1.47. The molecule has 4 heterocycles. The van der Waals surface area contributed by atoms with Crippen molar-refractivity contribution in [2.45, 2.75) is 25.4 Å². The fourth-order valence-electron chi connectivity index (χ4n) is 3.26. The highest BCUT2D eigenvalue weighted by Gasteiger charge is 2.12. The third kappa shape index (κ3) is 4.52. The minimum Gasteiger partial charge on any atom is -0.404 e. The Morgan fingerprint density at radius 1 is 1.31 bits per heavy atom. The van der Waals surface area contributed by atoms with E-state index in [-0.39, 0.29) is 0 Å². The number of nitrogens with two attached hydrogens (primary N) is 2. The van der Waals surface area contributed by atoms with Crippen molar-refractivity contribution in [1.29, 1.82) is 0 Å². The van der Waals surface area contributed by atoms with Gasteiger partial charge in [-0.3, -0.25) is 4.99 Å². The Bertz CT molecular complexity index is 1030. The van der Waals surface area contributed by atoms with Crippen LogP contribution in [0.15, 0.2) is 48.1 Å². The number of fused-ring (bicyclic) bond motifs is 1. The van der Waals surface area contributed by atoms with Crippen LogP contribution in [-0.4, -0.2) is 44.7 Å². The number of imidazole rings is 1. The first-order chi connectivity index (χ1) is 14.2. The molecule has 1 saturated heterocycles. The maximum atomic E-state index is 6.02. The molecule has 3 aromatic rings. The maximum absolute atomic E-state index is 6.02. The van der Waals surface area contributed by atoms with Crippen LogP contribution in [-0.2, 0) is 6.54 Å². The van der Waals surface area contributed by atoms with E-state index in [2.05, 4.69) is 30.6 Å². The zero-order valence-electron chi connectivity index (χ0n) is 16.1. The Morgan fingerprint density at radius 2 is 2.17 bits per heavy atom. The van der Waals surface area contributed by atoms with Crippen LogP contribution in [0.2, 0.25) is 0 Å². The monoisotopic (exact) mass is 391 g/mol. The van der Waals surface area contributed by atoms with Crippen molar-refractivity contribution in [3.8, 4) is 0 Å². The molecule has 0 radical (unpaired) electrons. The number of hydrogen-bond acceptors (Lipinski definition) is 8. The van der Waals surface area contributed by atoms with Gasteiger partial charge in [0, 0.05) is 43.1 Å². The van der Waals surface area contributed by atoms with E-state index in [1.165, 1.54) is 6.20 Å². The fourth-order valence-corrected chi connectivity index (χ4v) is 3.26. The summed E-state index contributed by atoms with van der Waals surface area (Å²) in [6.45, 7) is 2.54. The van der Waals surface area contributed by atoms with Crippen LogP contribution >= 0.6 is 0 Å². The van der Waals surface area contributed by atoms with Crippen LogP contribution in [0.25, 0.3) is 11.2 Å². The van der Waals surface area contributed by atoms with Gasteiger partial charge >= 0.3 is 0 Å². The molecule has 3 aromatic heterocycles. The first-order valence-electron chi connectivity index (χ1n) is 9.67. The smallest absolute Gasteiger partial charge is 0.169 e. The molecule has 9 nitrogen and oxygen atoms in total. The van der Waals surface area contributed by atoms with Crippen LogP contribution < -0.4 is 22.1 Å². The van der Waals surface area contributed by atoms with Gasteiger partial charge in [0.1, 0.15) is 5.65 Å². The summed E-state index contributed by atoms with van der Waals surface area (Å²) in [6, 6.07) is 4.29. The number of aromatic nitrogens is 4. The molecule has 9 heteroatoms. The number of aliphatic imine (C=N–C) groups is 1. The third-order valence-corrected chi connectivity index (χ3v) is 4.92. The topological polar surface area (TPSA) is 132 Å². The van der Waals surface area contributed by atoms with E-state index < -0.39 is 0 Å². The van der Waals surface area contributed by atoms with Crippen molar-refractivity contribution < 1.29 is 0 Å². The van der Waals surface area contributed by atoms with Crippen LogP contribution in [0.5, 0.6) is 0 Å². The molecule has 0 unspecified atom stereocenters. The molecule has 0 aliphatic carbocycles. The van der Waals surface area contributed by atoms with Gasteiger partial charge < -0.3 is 26.5 Å². The lowest BCUT2D eigenvalue weighted by atomic mass is 10.1. The van der Waals surface area contributed by atoms with E-state index in [9.17, 15) is 0 Å². The lowest BCUT2D eigenvalue weighted by Gasteiger charge is -2.18. The Hall–Kier alpha value is -3.46. The molecule has 4 rings (SSSR count). The minimum absolute atomic E-state index is 0.309. The van der Waals surface area contributed by atoms with Gasteiger partial charge in [-0.15, -0.1) is 0 Å². The number of piperidine rings is 1. The van der Waals surface area contributed by atoms with Crippen LogP contribution in [0, 0.1) is 0 Å². The van der Waals surface area contributed by atoms with Gasteiger partial charge in [0.05, 0.1) is 17.9 Å². The van der Waals surface area contributed by atoms with E-state index in [1.54, 1.807) is 18.6 Å². The molecule has 6 N–H and O–H groups in total. The predicted octanol–water partition coefficient (Wildman–Crippen LogP) is 1.44. The van der Waals surface area contributed by atoms with E-state index in [1.807, 2.05) is 28.9 Å². The van der Waals surface area contributed by atoms with Crippen molar-refractivity contribution in [3.05, 3.63) is 54.4 Å². The number of nitrogens with one attached hydrogen (secondary N) is 2. The van der Waals surface area contributed by atoms with E-state index >= 15 is 0 Å². The maximum Gasteiger partial charge on any atom is 0.169 e. The number of nitrogen functional groups attached to an aromatic ring is 1. The largest absolute Gasteiger partial charge is 0.404 e. The molecule has 0 aromatic carbocycles. The lowest BCUT2D eigenvalue weighted by Crippen LogP contribution is -2.29. The summed E-state index contributed by atoms with van der Waals surface area (Å²) in [5, 5.41) is 6.59. The van der Waals surface area contributed by atoms with Crippen molar-refractivity contribution in [3.63, 3.8) is 0 Å². The SMILES string of the molecule is NC=C(C=NC1CCNCC1)c1cnc(N)c(NCc2ccc3nccn3c2)n1. The second-order valence-electron chi connectivity index (χ2n) is 6.95. The van der Waals surface area contributed by atoms with E-state index in [4.69, 9.17) is 11.5 Å². The van der Waals surface area contributed by atoms with Gasteiger partial charge in [-0.1, -0.05) is 6.07 Å². The van der Waals surface area contributed by atoms with Crippen molar-refractivity contribution in [2.75, 3.05) is 24.1 Å². The quantitative estimate of drug-likeness (QED) is 0.468. The molecule has 0 spiro atoms. The molecule has 0 amide bonds. The van der Waals surface area contributed by atoms with Crippen LogP contribution in [0.3, 0.4) is 0 Å². The molecule has 1 aliphatic rings. The predicted molar refractivity (Wildman–Crippen MR) is 116 cm³/mol. The summed E-state index contributed by atoms with van der Waals surface area (Å²) in [7, 11) is 0. The molecule has 0 bridgehead atoms. The number of allylic oxidation sites excluding steroid dienone is 1. The summed E-state index contributed by atoms with van der Waals surface area (Å²) in [5.74, 6) is 0.854. The highest BCUT2D eigenvalue weighted by molar-refractivity contribution is 6.08. The van der Waals surface area contributed by atoms with Gasteiger partial charge in [0.15, 0.2) is 11.6 Å². The summed E-state index contributed by atoms with van der Waals surface area (Å²) in [6.07, 6.45) is 12.6. The molecule has 150 valence electrons. The van der Waals surface area contributed by atoms with Crippen molar-refractivity contribution in [2.24, 2.45) is 10.7 Å². The standard InChI is InChI=1S/C20H25N9/c21-9-15(11-25-16-3-5-23-6-4-16)17-12-26-19(22)20(28-17)27-10-14-1-2-18-24-7-8-29(18)13-14/h1-2,7-9,11-13,16,23H,3-6,10,21H2,(H2,22,26)(H,27,28). The summed E-state index contributed by atoms with van der Waals surface area (Å²) in [5.41, 5.74) is 15.2. The average Bonchev–Trinajstić information content (AvgIpc) is 3.23. The fraction of sp³-hybridized carbons (Fsp3) is 0.300. The number of rotatable bonds is 6.